The van der Waals surface area contributed by atoms with Crippen molar-refractivity contribution in [1.82, 2.24) is 9.80 Å². The molecule has 2 atom stereocenters. The highest BCUT2D eigenvalue weighted by molar-refractivity contribution is 4.83. The molecule has 0 bridgehead atoms. The van der Waals surface area contributed by atoms with E-state index in [0.29, 0.717) is 12.1 Å². The van der Waals surface area contributed by atoms with Crippen LogP contribution in [-0.2, 0) is 0 Å². The maximum absolute atomic E-state index is 5.65. The van der Waals surface area contributed by atoms with Gasteiger partial charge in [-0.1, -0.05) is 0 Å². The van der Waals surface area contributed by atoms with Crippen molar-refractivity contribution in [3.05, 3.63) is 0 Å². The lowest BCUT2D eigenvalue weighted by molar-refractivity contribution is 0.0710. The largest absolute Gasteiger partial charge is 0.329 e. The fraction of sp³-hybridized carbons (Fsp3) is 1.00. The molecule has 1 rings (SSSR count). The first-order valence-corrected chi connectivity index (χ1v) is 4.25. The molecule has 1 heterocycles. The van der Waals surface area contributed by atoms with Crippen LogP contribution in [-0.4, -0.2) is 55.6 Å². The Morgan fingerprint density at radius 1 is 1.36 bits per heavy atom. The van der Waals surface area contributed by atoms with Gasteiger partial charge in [0, 0.05) is 31.7 Å². The minimum atomic E-state index is 0.545. The minimum Gasteiger partial charge on any atom is -0.329 e. The van der Waals surface area contributed by atoms with Gasteiger partial charge >= 0.3 is 0 Å². The van der Waals surface area contributed by atoms with E-state index in [9.17, 15) is 0 Å². The van der Waals surface area contributed by atoms with E-state index in [-0.39, 0.29) is 0 Å². The van der Waals surface area contributed by atoms with E-state index in [1.54, 1.807) is 0 Å². The summed E-state index contributed by atoms with van der Waals surface area (Å²) in [5, 5.41) is 0. The molecule has 0 aliphatic carbocycles. The van der Waals surface area contributed by atoms with Crippen molar-refractivity contribution in [2.75, 3.05) is 33.7 Å². The zero-order valence-corrected chi connectivity index (χ0v) is 7.75. The number of piperazine rings is 1. The molecular formula is C8H19N3. The van der Waals surface area contributed by atoms with Crippen LogP contribution < -0.4 is 5.73 Å². The van der Waals surface area contributed by atoms with Crippen molar-refractivity contribution in [2.24, 2.45) is 5.73 Å². The summed E-state index contributed by atoms with van der Waals surface area (Å²) in [6.45, 7) is 5.29. The van der Waals surface area contributed by atoms with Gasteiger partial charge in [0.05, 0.1) is 0 Å². The van der Waals surface area contributed by atoms with Crippen LogP contribution in [0.4, 0.5) is 0 Å². The monoisotopic (exact) mass is 157 g/mol. The second-order valence-corrected chi connectivity index (χ2v) is 3.63. The predicted octanol–water partition coefficient (Wildman–Crippen LogP) is -0.421. The number of likely N-dealkylation sites (N-methyl/N-ethyl adjacent to an activating group) is 2. The van der Waals surface area contributed by atoms with Gasteiger partial charge in [-0.25, -0.2) is 0 Å². The first-order valence-electron chi connectivity index (χ1n) is 4.25. The van der Waals surface area contributed by atoms with Gasteiger partial charge in [0.1, 0.15) is 0 Å². The summed E-state index contributed by atoms with van der Waals surface area (Å²) >= 11 is 0. The van der Waals surface area contributed by atoms with Crippen LogP contribution in [0.5, 0.6) is 0 Å². The molecular weight excluding hydrogens is 138 g/mol. The van der Waals surface area contributed by atoms with Crippen LogP contribution in [0, 0.1) is 0 Å². The molecule has 0 aromatic heterocycles. The van der Waals surface area contributed by atoms with Crippen LogP contribution >= 0.6 is 0 Å². The first-order chi connectivity index (χ1) is 5.15. The lowest BCUT2D eigenvalue weighted by Crippen LogP contribution is -2.57. The van der Waals surface area contributed by atoms with Crippen LogP contribution in [0.2, 0.25) is 0 Å². The molecule has 0 amide bonds. The molecule has 1 fully saturated rings. The summed E-state index contributed by atoms with van der Waals surface area (Å²) in [7, 11) is 4.32. The predicted molar refractivity (Wildman–Crippen MR) is 47.6 cm³/mol. The molecule has 1 saturated heterocycles. The zero-order chi connectivity index (χ0) is 8.43. The Labute approximate surface area is 69.1 Å². The lowest BCUT2D eigenvalue weighted by Gasteiger charge is -2.41. The maximum atomic E-state index is 5.65. The molecule has 0 aromatic rings. The van der Waals surface area contributed by atoms with Gasteiger partial charge in [-0.2, -0.15) is 0 Å². The number of rotatable bonds is 1. The van der Waals surface area contributed by atoms with Crippen LogP contribution in [0.3, 0.4) is 0 Å². The van der Waals surface area contributed by atoms with Gasteiger partial charge in [0.25, 0.3) is 0 Å². The van der Waals surface area contributed by atoms with E-state index in [2.05, 4.69) is 30.8 Å². The Bertz CT molecular complexity index is 127. The third-order valence-corrected chi connectivity index (χ3v) is 2.64. The SMILES string of the molecule is CC1CN(C)CC(CN)N1C. The fourth-order valence-electron chi connectivity index (χ4n) is 1.74. The van der Waals surface area contributed by atoms with Gasteiger partial charge in [-0.15, -0.1) is 0 Å². The summed E-state index contributed by atoms with van der Waals surface area (Å²) in [6.07, 6.45) is 0. The lowest BCUT2D eigenvalue weighted by atomic mass is 10.1. The first kappa shape index (κ1) is 8.97. The highest BCUT2D eigenvalue weighted by Gasteiger charge is 2.25. The molecule has 2 N–H and O–H groups in total. The Hall–Kier alpha value is -0.120. The summed E-state index contributed by atoms with van der Waals surface area (Å²) in [4.78, 5) is 4.72. The summed E-state index contributed by atoms with van der Waals surface area (Å²) in [5.41, 5.74) is 5.65. The summed E-state index contributed by atoms with van der Waals surface area (Å²) in [5.74, 6) is 0. The molecule has 0 aromatic carbocycles. The number of nitrogens with two attached hydrogens (primary N) is 1. The highest BCUT2D eigenvalue weighted by atomic mass is 15.3. The number of nitrogens with zero attached hydrogens (tertiary/aromatic N) is 2. The van der Waals surface area contributed by atoms with Crippen molar-refractivity contribution in [1.29, 1.82) is 0 Å². The van der Waals surface area contributed by atoms with Crippen molar-refractivity contribution in [2.45, 2.75) is 19.0 Å². The number of hydrogen-bond donors (Lipinski definition) is 1. The van der Waals surface area contributed by atoms with E-state index >= 15 is 0 Å². The molecule has 0 radical (unpaired) electrons. The third kappa shape index (κ3) is 1.92. The van der Waals surface area contributed by atoms with Gasteiger partial charge in [-0.3, -0.25) is 4.90 Å². The standard InChI is InChI=1S/C8H19N3/c1-7-5-10(2)6-8(4-9)11(7)3/h7-8H,4-6,9H2,1-3H3. The van der Waals surface area contributed by atoms with E-state index in [4.69, 9.17) is 5.73 Å². The van der Waals surface area contributed by atoms with Gasteiger partial charge in [-0.05, 0) is 21.0 Å². The van der Waals surface area contributed by atoms with Gasteiger partial charge in [0.15, 0.2) is 0 Å². The molecule has 0 spiro atoms. The molecule has 66 valence electrons. The van der Waals surface area contributed by atoms with E-state index < -0.39 is 0 Å². The van der Waals surface area contributed by atoms with E-state index in [1.165, 1.54) is 0 Å². The molecule has 2 unspecified atom stereocenters. The quantitative estimate of drug-likeness (QED) is 0.561. The average Bonchev–Trinajstić information content (AvgIpc) is 1.96. The minimum absolute atomic E-state index is 0.545. The fourth-order valence-corrected chi connectivity index (χ4v) is 1.74. The smallest absolute Gasteiger partial charge is 0.0345 e. The van der Waals surface area contributed by atoms with Crippen LogP contribution in [0.1, 0.15) is 6.92 Å². The summed E-state index contributed by atoms with van der Waals surface area (Å²) < 4.78 is 0. The van der Waals surface area contributed by atoms with Crippen LogP contribution in [0.25, 0.3) is 0 Å². The van der Waals surface area contributed by atoms with Crippen LogP contribution in [0.15, 0.2) is 0 Å². The Morgan fingerprint density at radius 2 is 2.00 bits per heavy atom. The Kier molecular flexibility index (Phi) is 2.87. The normalized spacial score (nSPS) is 36.0. The second kappa shape index (κ2) is 3.52. The molecule has 3 heteroatoms. The molecule has 0 saturated carbocycles. The average molecular weight is 157 g/mol. The van der Waals surface area contributed by atoms with Crippen molar-refractivity contribution in [3.63, 3.8) is 0 Å². The van der Waals surface area contributed by atoms with Crippen molar-refractivity contribution < 1.29 is 0 Å². The second-order valence-electron chi connectivity index (χ2n) is 3.63. The molecule has 3 nitrogen and oxygen atoms in total. The van der Waals surface area contributed by atoms with Gasteiger partial charge in [0.2, 0.25) is 0 Å². The summed E-state index contributed by atoms with van der Waals surface area (Å²) in [6, 6.07) is 1.19. The maximum Gasteiger partial charge on any atom is 0.0345 e. The van der Waals surface area contributed by atoms with Gasteiger partial charge < -0.3 is 10.6 Å². The van der Waals surface area contributed by atoms with Crippen molar-refractivity contribution in [3.8, 4) is 0 Å². The zero-order valence-electron chi connectivity index (χ0n) is 7.75. The van der Waals surface area contributed by atoms with E-state index in [1.807, 2.05) is 0 Å². The van der Waals surface area contributed by atoms with E-state index in [0.717, 1.165) is 19.6 Å². The number of hydrogen-bond acceptors (Lipinski definition) is 3. The topological polar surface area (TPSA) is 32.5 Å². The Morgan fingerprint density at radius 3 is 2.55 bits per heavy atom. The molecule has 1 aliphatic heterocycles. The third-order valence-electron chi connectivity index (χ3n) is 2.64. The van der Waals surface area contributed by atoms with Crippen molar-refractivity contribution >= 4 is 0 Å². The highest BCUT2D eigenvalue weighted by Crippen LogP contribution is 2.10. The molecule has 1 aliphatic rings. The Balaban J connectivity index is 2.51. The molecule has 11 heavy (non-hydrogen) atoms.